The van der Waals surface area contributed by atoms with E-state index in [0.29, 0.717) is 11.0 Å². The van der Waals surface area contributed by atoms with Gasteiger partial charge >= 0.3 is 6.03 Å². The van der Waals surface area contributed by atoms with Crippen LogP contribution in [0.3, 0.4) is 0 Å². The van der Waals surface area contributed by atoms with Gasteiger partial charge in [0.2, 0.25) is 0 Å². The van der Waals surface area contributed by atoms with Crippen molar-refractivity contribution in [3.8, 4) is 0 Å². The van der Waals surface area contributed by atoms with Crippen LogP contribution in [0.4, 0.5) is 4.79 Å². The van der Waals surface area contributed by atoms with Crippen LogP contribution >= 0.6 is 12.2 Å². The van der Waals surface area contributed by atoms with Crippen molar-refractivity contribution in [2.75, 3.05) is 0 Å². The van der Waals surface area contributed by atoms with Crippen LogP contribution in [0.25, 0.3) is 0 Å². The van der Waals surface area contributed by atoms with E-state index < -0.39 is 5.54 Å². The van der Waals surface area contributed by atoms with E-state index in [2.05, 4.69) is 17.6 Å². The molecule has 0 bridgehead atoms. The molecule has 18 heavy (non-hydrogen) atoms. The minimum Gasteiger partial charge on any atom is -0.391 e. The van der Waals surface area contributed by atoms with Crippen molar-refractivity contribution < 1.29 is 4.79 Å². The molecule has 2 rings (SSSR count). The molecule has 2 saturated carbocycles. The Kier molecular flexibility index (Phi) is 4.10. The van der Waals surface area contributed by atoms with Crippen LogP contribution in [0.2, 0.25) is 0 Å². The minimum atomic E-state index is -0.458. The molecule has 0 radical (unpaired) electrons. The minimum absolute atomic E-state index is 0.111. The first-order valence-corrected chi connectivity index (χ1v) is 7.35. The molecule has 5 heteroatoms. The molecule has 2 aliphatic rings. The maximum absolute atomic E-state index is 11.9. The summed E-state index contributed by atoms with van der Waals surface area (Å²) in [5.74, 6) is 0.751. The van der Waals surface area contributed by atoms with Gasteiger partial charge in [-0.1, -0.05) is 25.6 Å². The van der Waals surface area contributed by atoms with Crippen LogP contribution in [0.5, 0.6) is 0 Å². The highest BCUT2D eigenvalue weighted by Gasteiger charge is 2.39. The van der Waals surface area contributed by atoms with Crippen LogP contribution in [0.1, 0.15) is 51.9 Å². The number of rotatable bonds is 4. The van der Waals surface area contributed by atoms with Crippen LogP contribution in [-0.2, 0) is 0 Å². The van der Waals surface area contributed by atoms with Crippen molar-refractivity contribution in [1.29, 1.82) is 0 Å². The van der Waals surface area contributed by atoms with E-state index in [1.54, 1.807) is 0 Å². The zero-order chi connectivity index (χ0) is 13.2. The van der Waals surface area contributed by atoms with Gasteiger partial charge in [-0.05, 0) is 44.4 Å². The van der Waals surface area contributed by atoms with Crippen LogP contribution in [0, 0.1) is 5.92 Å². The predicted molar refractivity (Wildman–Crippen MR) is 76.5 cm³/mol. The summed E-state index contributed by atoms with van der Waals surface area (Å²) in [4.78, 5) is 12.3. The van der Waals surface area contributed by atoms with Gasteiger partial charge in [0.15, 0.2) is 0 Å². The van der Waals surface area contributed by atoms with E-state index in [0.717, 1.165) is 44.4 Å². The Bertz CT molecular complexity index is 333. The fourth-order valence-electron chi connectivity index (χ4n) is 2.68. The molecule has 102 valence electrons. The number of hydrogen-bond acceptors (Lipinski definition) is 2. The quantitative estimate of drug-likeness (QED) is 0.684. The Balaban J connectivity index is 1.94. The molecule has 0 aromatic heterocycles. The molecule has 0 aromatic carbocycles. The number of carbonyl (C=O) groups excluding carboxylic acids is 1. The Morgan fingerprint density at radius 1 is 1.33 bits per heavy atom. The van der Waals surface area contributed by atoms with Crippen molar-refractivity contribution >= 4 is 23.2 Å². The molecule has 2 aliphatic carbocycles. The monoisotopic (exact) mass is 269 g/mol. The molecular weight excluding hydrogens is 246 g/mol. The summed E-state index contributed by atoms with van der Waals surface area (Å²) in [5.41, 5.74) is 5.41. The molecule has 0 aromatic rings. The third-order valence-corrected chi connectivity index (χ3v) is 4.66. The van der Waals surface area contributed by atoms with E-state index in [-0.39, 0.29) is 6.03 Å². The van der Waals surface area contributed by atoms with Crippen LogP contribution < -0.4 is 16.4 Å². The average Bonchev–Trinajstić information content (AvgIpc) is 3.13. The van der Waals surface area contributed by atoms with Crippen LogP contribution in [0.15, 0.2) is 0 Å². The van der Waals surface area contributed by atoms with E-state index in [1.165, 1.54) is 6.42 Å². The van der Waals surface area contributed by atoms with Gasteiger partial charge in [0, 0.05) is 6.04 Å². The maximum Gasteiger partial charge on any atom is 0.315 e. The van der Waals surface area contributed by atoms with Gasteiger partial charge in [-0.3, -0.25) is 0 Å². The molecule has 0 atom stereocenters. The SMILES string of the molecule is CCC1CCC(NC(=O)NC2CC2)(C(N)=S)CC1. The molecule has 0 spiro atoms. The number of hydrogen-bond donors (Lipinski definition) is 3. The predicted octanol–water partition coefficient (Wildman–Crippen LogP) is 2.07. The lowest BCUT2D eigenvalue weighted by molar-refractivity contribution is 0.212. The first-order valence-electron chi connectivity index (χ1n) is 6.94. The molecule has 2 fully saturated rings. The van der Waals surface area contributed by atoms with Crippen molar-refractivity contribution in [3.05, 3.63) is 0 Å². The largest absolute Gasteiger partial charge is 0.391 e. The molecule has 0 heterocycles. The molecule has 4 N–H and O–H groups in total. The Labute approximate surface area is 114 Å². The lowest BCUT2D eigenvalue weighted by atomic mass is 9.75. The van der Waals surface area contributed by atoms with Crippen molar-refractivity contribution in [2.24, 2.45) is 11.7 Å². The van der Waals surface area contributed by atoms with Crippen LogP contribution in [-0.4, -0.2) is 22.6 Å². The molecule has 4 nitrogen and oxygen atoms in total. The first-order chi connectivity index (χ1) is 8.55. The summed E-state index contributed by atoms with van der Waals surface area (Å²) in [7, 11) is 0. The third-order valence-electron chi connectivity index (χ3n) is 4.27. The summed E-state index contributed by atoms with van der Waals surface area (Å²) >= 11 is 5.19. The number of nitrogens with one attached hydrogen (secondary N) is 2. The summed E-state index contributed by atoms with van der Waals surface area (Å²) in [6.45, 7) is 2.21. The van der Waals surface area contributed by atoms with Gasteiger partial charge in [0.1, 0.15) is 0 Å². The van der Waals surface area contributed by atoms with Gasteiger partial charge in [-0.25, -0.2) is 4.79 Å². The molecule has 0 saturated heterocycles. The lowest BCUT2D eigenvalue weighted by Gasteiger charge is -2.39. The maximum atomic E-state index is 11.9. The highest BCUT2D eigenvalue weighted by atomic mass is 32.1. The fourth-order valence-corrected chi connectivity index (χ4v) is 2.93. The Hall–Kier alpha value is -0.840. The standard InChI is InChI=1S/C13H23N3OS/c1-2-9-5-7-13(8-6-9,11(14)18)16-12(17)15-10-3-4-10/h9-10H,2-8H2,1H3,(H2,14,18)(H2,15,16,17). The summed E-state index contributed by atoms with van der Waals surface area (Å²) in [6, 6.07) is 0.251. The zero-order valence-electron chi connectivity index (χ0n) is 11.0. The molecule has 2 amide bonds. The summed E-state index contributed by atoms with van der Waals surface area (Å²) < 4.78 is 0. The normalized spacial score (nSPS) is 31.7. The number of thiocarbonyl (C=S) groups is 1. The molecule has 0 aliphatic heterocycles. The highest BCUT2D eigenvalue weighted by molar-refractivity contribution is 7.80. The average molecular weight is 269 g/mol. The Morgan fingerprint density at radius 2 is 1.94 bits per heavy atom. The zero-order valence-corrected chi connectivity index (χ0v) is 11.8. The number of carbonyl (C=O) groups is 1. The van der Waals surface area contributed by atoms with Gasteiger partial charge in [-0.2, -0.15) is 0 Å². The fraction of sp³-hybridized carbons (Fsp3) is 0.846. The van der Waals surface area contributed by atoms with E-state index >= 15 is 0 Å². The van der Waals surface area contributed by atoms with Gasteiger partial charge in [0.05, 0.1) is 10.5 Å². The van der Waals surface area contributed by atoms with Gasteiger partial charge in [0.25, 0.3) is 0 Å². The molecule has 0 unspecified atom stereocenters. The van der Waals surface area contributed by atoms with Gasteiger partial charge < -0.3 is 16.4 Å². The third kappa shape index (κ3) is 3.13. The lowest BCUT2D eigenvalue weighted by Crippen LogP contribution is -2.60. The Morgan fingerprint density at radius 3 is 2.39 bits per heavy atom. The first kappa shape index (κ1) is 13.6. The second-order valence-electron chi connectivity index (χ2n) is 5.67. The van der Waals surface area contributed by atoms with Crippen molar-refractivity contribution in [1.82, 2.24) is 10.6 Å². The number of amides is 2. The summed E-state index contributed by atoms with van der Waals surface area (Å²) in [5, 5.41) is 5.97. The van der Waals surface area contributed by atoms with Gasteiger partial charge in [-0.15, -0.1) is 0 Å². The van der Waals surface area contributed by atoms with Crippen molar-refractivity contribution in [3.63, 3.8) is 0 Å². The van der Waals surface area contributed by atoms with E-state index in [4.69, 9.17) is 18.0 Å². The second kappa shape index (κ2) is 5.43. The number of urea groups is 1. The number of nitrogens with two attached hydrogens (primary N) is 1. The summed E-state index contributed by atoms with van der Waals surface area (Å²) in [6.07, 6.45) is 7.31. The highest BCUT2D eigenvalue weighted by Crippen LogP contribution is 2.34. The molecular formula is C13H23N3OS. The van der Waals surface area contributed by atoms with Crippen molar-refractivity contribution in [2.45, 2.75) is 63.5 Å². The second-order valence-corrected chi connectivity index (χ2v) is 6.11. The van der Waals surface area contributed by atoms with E-state index in [1.807, 2.05) is 0 Å². The van der Waals surface area contributed by atoms with E-state index in [9.17, 15) is 4.79 Å². The topological polar surface area (TPSA) is 67.2 Å². The smallest absolute Gasteiger partial charge is 0.315 e.